The molecular formula is C16H19ClN2O2S. The number of nitrogens with one attached hydrogen (secondary N) is 1. The van der Waals surface area contributed by atoms with Crippen LogP contribution in [0.25, 0.3) is 0 Å². The first-order chi connectivity index (χ1) is 10.6. The van der Waals surface area contributed by atoms with Gasteiger partial charge in [0.25, 0.3) is 0 Å². The summed E-state index contributed by atoms with van der Waals surface area (Å²) in [6.45, 7) is 1.49. The molecule has 4 nitrogen and oxygen atoms in total. The van der Waals surface area contributed by atoms with Crippen molar-refractivity contribution in [2.45, 2.75) is 23.8 Å². The summed E-state index contributed by atoms with van der Waals surface area (Å²) in [7, 11) is -3.27. The van der Waals surface area contributed by atoms with Crippen LogP contribution in [0, 0.1) is 0 Å². The second kappa shape index (κ2) is 6.44. The molecule has 0 amide bonds. The second-order valence-corrected chi connectivity index (χ2v) is 8.14. The normalized spacial score (nSPS) is 19.6. The van der Waals surface area contributed by atoms with Gasteiger partial charge in [-0.1, -0.05) is 11.6 Å². The van der Waals surface area contributed by atoms with Crippen LogP contribution in [-0.2, 0) is 9.84 Å². The molecule has 1 N–H and O–H groups in total. The number of hydrogen-bond donors (Lipinski definition) is 1. The molecular weight excluding hydrogens is 320 g/mol. The Morgan fingerprint density at radius 3 is 2.68 bits per heavy atom. The van der Waals surface area contributed by atoms with Crippen LogP contribution >= 0.6 is 11.6 Å². The lowest BCUT2D eigenvalue weighted by Crippen LogP contribution is -2.29. The molecule has 3 rings (SSSR count). The highest BCUT2D eigenvalue weighted by Crippen LogP contribution is 2.30. The maximum Gasteiger partial charge on any atom is 0.179 e. The smallest absolute Gasteiger partial charge is 0.179 e. The number of H-pyrrole nitrogens is 1. The number of halogens is 1. The predicted octanol–water partition coefficient (Wildman–Crippen LogP) is 3.28. The first-order valence-electron chi connectivity index (χ1n) is 7.42. The van der Waals surface area contributed by atoms with Crippen LogP contribution in [-0.4, -0.2) is 37.1 Å². The molecule has 1 aliphatic rings. The topological polar surface area (TPSA) is 53.2 Å². The average Bonchev–Trinajstić information content (AvgIpc) is 3.16. The third-order valence-corrected chi connectivity index (χ3v) is 6.13. The van der Waals surface area contributed by atoms with E-state index in [1.807, 2.05) is 12.3 Å². The zero-order valence-corrected chi connectivity index (χ0v) is 13.8. The van der Waals surface area contributed by atoms with E-state index < -0.39 is 9.84 Å². The minimum atomic E-state index is -3.27. The first kappa shape index (κ1) is 15.6. The number of likely N-dealkylation sites (tertiary alicyclic amines) is 1. The maximum atomic E-state index is 12.4. The quantitative estimate of drug-likeness (QED) is 0.910. The highest BCUT2D eigenvalue weighted by Gasteiger charge is 2.28. The third-order valence-electron chi connectivity index (χ3n) is 4.16. The van der Waals surface area contributed by atoms with Crippen LogP contribution in [0.3, 0.4) is 0 Å². The molecule has 118 valence electrons. The van der Waals surface area contributed by atoms with E-state index in [1.54, 1.807) is 24.3 Å². The van der Waals surface area contributed by atoms with Crippen molar-refractivity contribution in [1.29, 1.82) is 0 Å². The van der Waals surface area contributed by atoms with Gasteiger partial charge in [0.05, 0.1) is 10.6 Å². The lowest BCUT2D eigenvalue weighted by Gasteiger charge is -2.23. The fourth-order valence-electron chi connectivity index (χ4n) is 2.99. The minimum absolute atomic E-state index is 0.131. The van der Waals surface area contributed by atoms with Gasteiger partial charge in [-0.05, 0) is 55.8 Å². The number of hydrogen-bond acceptors (Lipinski definition) is 3. The van der Waals surface area contributed by atoms with Crippen molar-refractivity contribution >= 4 is 21.4 Å². The number of rotatable bonds is 5. The van der Waals surface area contributed by atoms with Crippen molar-refractivity contribution < 1.29 is 8.42 Å². The van der Waals surface area contributed by atoms with E-state index in [4.69, 9.17) is 11.6 Å². The SMILES string of the molecule is O=S(=O)(CCN1CCC[C@H]1c1ccc[nH]1)c1ccc(Cl)cc1. The van der Waals surface area contributed by atoms with Gasteiger partial charge < -0.3 is 4.98 Å². The molecule has 1 aromatic carbocycles. The van der Waals surface area contributed by atoms with Gasteiger partial charge in [-0.15, -0.1) is 0 Å². The summed E-state index contributed by atoms with van der Waals surface area (Å²) in [5.41, 5.74) is 1.17. The molecule has 1 aliphatic heterocycles. The summed E-state index contributed by atoms with van der Waals surface area (Å²) in [6.07, 6.45) is 4.09. The van der Waals surface area contributed by atoms with E-state index in [0.717, 1.165) is 19.4 Å². The number of benzene rings is 1. The fraction of sp³-hybridized carbons (Fsp3) is 0.375. The summed E-state index contributed by atoms with van der Waals surface area (Å²) in [5, 5.41) is 0.547. The van der Waals surface area contributed by atoms with Crippen LogP contribution in [0.15, 0.2) is 47.5 Å². The predicted molar refractivity (Wildman–Crippen MR) is 87.8 cm³/mol. The van der Waals surface area contributed by atoms with E-state index in [0.29, 0.717) is 22.5 Å². The Kier molecular flexibility index (Phi) is 4.57. The van der Waals surface area contributed by atoms with Crippen molar-refractivity contribution in [3.63, 3.8) is 0 Å². The molecule has 6 heteroatoms. The largest absolute Gasteiger partial charge is 0.364 e. The van der Waals surface area contributed by atoms with Crippen molar-refractivity contribution in [2.75, 3.05) is 18.8 Å². The summed E-state index contributed by atoms with van der Waals surface area (Å²) < 4.78 is 24.8. The second-order valence-electron chi connectivity index (χ2n) is 5.59. The Morgan fingerprint density at radius 1 is 1.23 bits per heavy atom. The molecule has 0 aliphatic carbocycles. The Bertz CT molecular complexity index is 711. The first-order valence-corrected chi connectivity index (χ1v) is 9.45. The van der Waals surface area contributed by atoms with Gasteiger partial charge in [0.15, 0.2) is 9.84 Å². The lowest BCUT2D eigenvalue weighted by molar-refractivity contribution is 0.268. The lowest BCUT2D eigenvalue weighted by atomic mass is 10.1. The summed E-state index contributed by atoms with van der Waals surface area (Å²) in [5.74, 6) is 0.131. The molecule has 2 heterocycles. The standard InChI is InChI=1S/C16H19ClN2O2S/c17-13-5-7-14(8-6-13)22(20,21)12-11-19-10-2-4-16(19)15-3-1-9-18-15/h1,3,5-9,16,18H,2,4,10-12H2/t16-/m0/s1. The van der Waals surface area contributed by atoms with Gasteiger partial charge >= 0.3 is 0 Å². The molecule has 0 radical (unpaired) electrons. The maximum absolute atomic E-state index is 12.4. The van der Waals surface area contributed by atoms with E-state index in [9.17, 15) is 8.42 Å². The molecule has 1 fully saturated rings. The van der Waals surface area contributed by atoms with Crippen LogP contribution in [0.4, 0.5) is 0 Å². The van der Waals surface area contributed by atoms with E-state index in [-0.39, 0.29) is 5.75 Å². The zero-order chi connectivity index (χ0) is 15.6. The Morgan fingerprint density at radius 2 is 2.00 bits per heavy atom. The highest BCUT2D eigenvalue weighted by atomic mass is 35.5. The number of aromatic amines is 1. The van der Waals surface area contributed by atoms with Gasteiger partial charge in [-0.2, -0.15) is 0 Å². The third kappa shape index (κ3) is 3.37. The van der Waals surface area contributed by atoms with E-state index >= 15 is 0 Å². The average molecular weight is 339 g/mol. The molecule has 0 spiro atoms. The van der Waals surface area contributed by atoms with Gasteiger partial charge in [-0.25, -0.2) is 8.42 Å². The van der Waals surface area contributed by atoms with Gasteiger partial charge in [-0.3, -0.25) is 4.90 Å². The van der Waals surface area contributed by atoms with Gasteiger partial charge in [0.2, 0.25) is 0 Å². The molecule has 22 heavy (non-hydrogen) atoms. The van der Waals surface area contributed by atoms with Crippen LogP contribution in [0.2, 0.25) is 5.02 Å². The highest BCUT2D eigenvalue weighted by molar-refractivity contribution is 7.91. The van der Waals surface area contributed by atoms with Crippen LogP contribution in [0.1, 0.15) is 24.6 Å². The number of aromatic nitrogens is 1. The van der Waals surface area contributed by atoms with Crippen LogP contribution < -0.4 is 0 Å². The Hall–Kier alpha value is -1.30. The van der Waals surface area contributed by atoms with Crippen molar-refractivity contribution in [3.8, 4) is 0 Å². The zero-order valence-electron chi connectivity index (χ0n) is 12.2. The van der Waals surface area contributed by atoms with Gasteiger partial charge in [0.1, 0.15) is 0 Å². The summed E-state index contributed by atoms with van der Waals surface area (Å²) >= 11 is 5.81. The molecule has 1 atom stereocenters. The van der Waals surface area contributed by atoms with E-state index in [2.05, 4.69) is 16.0 Å². The van der Waals surface area contributed by atoms with E-state index in [1.165, 1.54) is 5.69 Å². The van der Waals surface area contributed by atoms with Crippen molar-refractivity contribution in [3.05, 3.63) is 53.3 Å². The molecule has 0 unspecified atom stereocenters. The molecule has 0 bridgehead atoms. The Balaban J connectivity index is 1.67. The van der Waals surface area contributed by atoms with Crippen molar-refractivity contribution in [2.24, 2.45) is 0 Å². The minimum Gasteiger partial charge on any atom is -0.364 e. The fourth-order valence-corrected chi connectivity index (χ4v) is 4.38. The Labute approximate surface area is 136 Å². The molecule has 0 saturated carbocycles. The molecule has 1 saturated heterocycles. The number of nitrogens with zero attached hydrogens (tertiary/aromatic N) is 1. The summed E-state index contributed by atoms with van der Waals surface area (Å²) in [4.78, 5) is 5.83. The van der Waals surface area contributed by atoms with Crippen molar-refractivity contribution in [1.82, 2.24) is 9.88 Å². The summed E-state index contributed by atoms with van der Waals surface area (Å²) in [6, 6.07) is 10.7. The number of sulfone groups is 1. The monoisotopic (exact) mass is 338 g/mol. The molecule has 2 aromatic rings. The van der Waals surface area contributed by atoms with Crippen LogP contribution in [0.5, 0.6) is 0 Å². The molecule has 1 aromatic heterocycles. The van der Waals surface area contributed by atoms with Gasteiger partial charge in [0, 0.05) is 29.5 Å².